The van der Waals surface area contributed by atoms with E-state index in [2.05, 4.69) is 19.1 Å². The number of carbonyl (C=O) groups is 2. The van der Waals surface area contributed by atoms with E-state index >= 15 is 0 Å². The smallest absolute Gasteiger partial charge is 0.344 e. The summed E-state index contributed by atoms with van der Waals surface area (Å²) in [6.45, 7) is 4.75. The first kappa shape index (κ1) is 24.4. The third-order valence-electron chi connectivity index (χ3n) is 6.89. The molecule has 0 bridgehead atoms. The van der Waals surface area contributed by atoms with Gasteiger partial charge in [0.1, 0.15) is 5.75 Å². The van der Waals surface area contributed by atoms with Crippen LogP contribution in [-0.2, 0) is 34.7 Å². The van der Waals surface area contributed by atoms with Crippen LogP contribution in [0.5, 0.6) is 5.75 Å². The molecule has 0 unspecified atom stereocenters. The van der Waals surface area contributed by atoms with E-state index in [1.807, 2.05) is 59.1 Å². The number of anilines is 1. The number of carbonyl (C=O) groups excluding carboxylic acids is 2. The number of ether oxygens (including phenoxy) is 2. The van der Waals surface area contributed by atoms with Crippen LogP contribution >= 0.6 is 11.8 Å². The number of hydrogen-bond donors (Lipinski definition) is 0. The molecule has 0 saturated carbocycles. The molecule has 5 nitrogen and oxygen atoms in total. The van der Waals surface area contributed by atoms with Crippen molar-refractivity contribution >= 4 is 29.3 Å². The van der Waals surface area contributed by atoms with Crippen LogP contribution in [-0.4, -0.2) is 25.1 Å². The van der Waals surface area contributed by atoms with Crippen LogP contribution < -0.4 is 9.64 Å². The van der Waals surface area contributed by atoms with Gasteiger partial charge in [-0.25, -0.2) is 4.79 Å². The zero-order valence-corrected chi connectivity index (χ0v) is 21.7. The zero-order chi connectivity index (χ0) is 25.1. The minimum absolute atomic E-state index is 0.0611. The third kappa shape index (κ3) is 5.00. The van der Waals surface area contributed by atoms with Crippen molar-refractivity contribution in [2.75, 3.05) is 18.1 Å². The highest BCUT2D eigenvalue weighted by Gasteiger charge is 2.30. The Kier molecular flexibility index (Phi) is 7.33. The van der Waals surface area contributed by atoms with Crippen LogP contribution in [0.3, 0.4) is 0 Å². The molecule has 0 fully saturated rings. The van der Waals surface area contributed by atoms with Crippen molar-refractivity contribution in [3.05, 3.63) is 88.0 Å². The number of esters is 1. The minimum Gasteiger partial charge on any atom is -0.482 e. The van der Waals surface area contributed by atoms with Crippen LogP contribution in [0.25, 0.3) is 0 Å². The predicted molar refractivity (Wildman–Crippen MR) is 143 cm³/mol. The van der Waals surface area contributed by atoms with E-state index in [0.717, 1.165) is 54.0 Å². The second-order valence-corrected chi connectivity index (χ2v) is 10.3. The Hall–Kier alpha value is -3.25. The highest BCUT2D eigenvalue weighted by Crippen LogP contribution is 2.39. The second-order valence-electron chi connectivity index (χ2n) is 9.28. The number of benzene rings is 3. The van der Waals surface area contributed by atoms with Gasteiger partial charge in [-0.05, 0) is 92.1 Å². The molecule has 0 saturated heterocycles. The lowest BCUT2D eigenvalue weighted by Gasteiger charge is -2.22. The molecule has 1 aliphatic heterocycles. The van der Waals surface area contributed by atoms with Crippen LogP contribution in [0.1, 0.15) is 57.9 Å². The highest BCUT2D eigenvalue weighted by atomic mass is 32.2. The fourth-order valence-electron chi connectivity index (χ4n) is 5.03. The molecule has 36 heavy (non-hydrogen) atoms. The Bertz CT molecular complexity index is 1280. The standard InChI is InChI=1S/C30H31NO4S/c1-3-34-29(32)18-35-27-15-16-28(24-9-5-4-8-23(24)27)36-19-21-7-6-10-25-26(21)17-31(30(25)33)22-13-11-20(2)12-14-22/h6-7,10-16H,3-5,8-9,17-19H2,1-2H3. The quantitative estimate of drug-likeness (QED) is 0.269. The predicted octanol–water partition coefficient (Wildman–Crippen LogP) is 6.27. The van der Waals surface area contributed by atoms with Gasteiger partial charge in [0.15, 0.2) is 6.61 Å². The fraction of sp³-hybridized carbons (Fsp3) is 0.333. The van der Waals surface area contributed by atoms with E-state index in [1.54, 1.807) is 6.92 Å². The molecule has 186 valence electrons. The maximum absolute atomic E-state index is 13.2. The zero-order valence-electron chi connectivity index (χ0n) is 20.8. The van der Waals surface area contributed by atoms with E-state index in [1.165, 1.54) is 27.1 Å². The van der Waals surface area contributed by atoms with Crippen molar-refractivity contribution in [2.24, 2.45) is 0 Å². The Morgan fingerprint density at radius 2 is 1.75 bits per heavy atom. The summed E-state index contributed by atoms with van der Waals surface area (Å²) in [5.41, 5.74) is 7.80. The lowest BCUT2D eigenvalue weighted by atomic mass is 9.91. The molecule has 0 radical (unpaired) electrons. The third-order valence-corrected chi connectivity index (χ3v) is 8.04. The van der Waals surface area contributed by atoms with E-state index in [0.29, 0.717) is 13.2 Å². The molecule has 1 aliphatic carbocycles. The minimum atomic E-state index is -0.340. The molecule has 3 aromatic rings. The van der Waals surface area contributed by atoms with Gasteiger partial charge in [0.05, 0.1) is 13.2 Å². The summed E-state index contributed by atoms with van der Waals surface area (Å²) in [7, 11) is 0. The van der Waals surface area contributed by atoms with Crippen LogP contribution in [0.2, 0.25) is 0 Å². The molecule has 6 heteroatoms. The summed E-state index contributed by atoms with van der Waals surface area (Å²) < 4.78 is 10.9. The number of rotatable bonds is 8. The first-order valence-corrected chi connectivity index (χ1v) is 13.6. The molecule has 0 spiro atoms. The number of thioether (sulfide) groups is 1. The molecule has 3 aromatic carbocycles. The summed E-state index contributed by atoms with van der Waals surface area (Å²) >= 11 is 1.82. The van der Waals surface area contributed by atoms with Crippen molar-refractivity contribution in [1.82, 2.24) is 0 Å². The number of aryl methyl sites for hydroxylation is 1. The van der Waals surface area contributed by atoms with Crippen LogP contribution in [0.15, 0.2) is 59.5 Å². The van der Waals surface area contributed by atoms with E-state index < -0.39 is 0 Å². The summed E-state index contributed by atoms with van der Waals surface area (Å²) in [6, 6.07) is 18.3. The van der Waals surface area contributed by atoms with Gasteiger partial charge in [0, 0.05) is 21.9 Å². The average molecular weight is 502 g/mol. The monoisotopic (exact) mass is 501 g/mol. The largest absolute Gasteiger partial charge is 0.482 e. The molecule has 0 atom stereocenters. The number of hydrogen-bond acceptors (Lipinski definition) is 5. The Balaban J connectivity index is 1.34. The van der Waals surface area contributed by atoms with Gasteiger partial charge in [-0.1, -0.05) is 29.8 Å². The van der Waals surface area contributed by atoms with Crippen LogP contribution in [0, 0.1) is 6.92 Å². The topological polar surface area (TPSA) is 55.8 Å². The highest BCUT2D eigenvalue weighted by molar-refractivity contribution is 7.98. The molecular weight excluding hydrogens is 470 g/mol. The molecule has 5 rings (SSSR count). The first-order chi connectivity index (χ1) is 17.5. The van der Waals surface area contributed by atoms with E-state index in [9.17, 15) is 9.59 Å². The van der Waals surface area contributed by atoms with Crippen molar-refractivity contribution in [3.8, 4) is 5.75 Å². The summed E-state index contributed by atoms with van der Waals surface area (Å²) in [5.74, 6) is 1.32. The SMILES string of the molecule is CCOC(=O)COc1ccc(SCc2cccc3c2CN(c2ccc(C)cc2)C3=O)c2c1CCCC2. The maximum Gasteiger partial charge on any atom is 0.344 e. The van der Waals surface area contributed by atoms with Gasteiger partial charge in [0.25, 0.3) is 5.91 Å². The normalized spacial score (nSPS) is 14.4. The lowest BCUT2D eigenvalue weighted by Crippen LogP contribution is -2.22. The van der Waals surface area contributed by atoms with Crippen molar-refractivity contribution in [2.45, 2.75) is 56.7 Å². The van der Waals surface area contributed by atoms with Crippen molar-refractivity contribution in [3.63, 3.8) is 0 Å². The summed E-state index contributed by atoms with van der Waals surface area (Å²) in [5, 5.41) is 0. The molecule has 0 N–H and O–H groups in total. The molecule has 1 heterocycles. The van der Waals surface area contributed by atoms with Gasteiger partial charge < -0.3 is 14.4 Å². The van der Waals surface area contributed by atoms with Gasteiger partial charge >= 0.3 is 5.97 Å². The Morgan fingerprint density at radius 1 is 0.972 bits per heavy atom. The van der Waals surface area contributed by atoms with Gasteiger partial charge in [-0.2, -0.15) is 0 Å². The molecule has 0 aromatic heterocycles. The van der Waals surface area contributed by atoms with Gasteiger partial charge in [0.2, 0.25) is 0 Å². The van der Waals surface area contributed by atoms with Crippen LogP contribution in [0.4, 0.5) is 5.69 Å². The van der Waals surface area contributed by atoms with Gasteiger partial charge in [-0.15, -0.1) is 11.8 Å². The summed E-state index contributed by atoms with van der Waals surface area (Å²) in [6.07, 6.45) is 4.26. The first-order valence-electron chi connectivity index (χ1n) is 12.6. The van der Waals surface area contributed by atoms with Crippen molar-refractivity contribution < 1.29 is 19.1 Å². The van der Waals surface area contributed by atoms with Crippen molar-refractivity contribution in [1.29, 1.82) is 0 Å². The Labute approximate surface area is 216 Å². The fourth-order valence-corrected chi connectivity index (χ4v) is 6.18. The number of amides is 1. The molecule has 1 amide bonds. The maximum atomic E-state index is 13.2. The number of nitrogens with zero attached hydrogens (tertiary/aromatic N) is 1. The van der Waals surface area contributed by atoms with E-state index in [4.69, 9.17) is 9.47 Å². The Morgan fingerprint density at radius 3 is 2.53 bits per heavy atom. The van der Waals surface area contributed by atoms with E-state index in [-0.39, 0.29) is 18.5 Å². The summed E-state index contributed by atoms with van der Waals surface area (Å²) in [4.78, 5) is 28.1. The van der Waals surface area contributed by atoms with Gasteiger partial charge in [-0.3, -0.25) is 4.79 Å². The molecular formula is C30H31NO4S. The second kappa shape index (κ2) is 10.8. The average Bonchev–Trinajstić information content (AvgIpc) is 3.24. The number of fused-ring (bicyclic) bond motifs is 2. The lowest BCUT2D eigenvalue weighted by molar-refractivity contribution is -0.145. The molecule has 2 aliphatic rings.